The Bertz CT molecular complexity index is 420. The molecule has 3 saturated heterocycles. The summed E-state index contributed by atoms with van der Waals surface area (Å²) in [6, 6.07) is 0. The molecule has 3 heteroatoms. The van der Waals surface area contributed by atoms with Crippen LogP contribution in [0.3, 0.4) is 0 Å². The van der Waals surface area contributed by atoms with Gasteiger partial charge in [-0.25, -0.2) is 0 Å². The monoisotopic (exact) mass is 517 g/mol. The average molecular weight is 517 g/mol. The molecule has 0 amide bonds. The van der Waals surface area contributed by atoms with Gasteiger partial charge in [-0.1, -0.05) is 48.0 Å². The van der Waals surface area contributed by atoms with Gasteiger partial charge in [0.1, 0.15) is 0 Å². The third kappa shape index (κ3) is 19.9. The summed E-state index contributed by atoms with van der Waals surface area (Å²) < 4.78 is 3.77. The Hall–Kier alpha value is -0.120. The zero-order chi connectivity index (χ0) is 28.7. The molecule has 0 atom stereocenters. The van der Waals surface area contributed by atoms with E-state index in [2.05, 4.69) is 69.9 Å². The lowest BCUT2D eigenvalue weighted by Crippen LogP contribution is -2.58. The SMILES string of the molecule is CC.CC.CC1(C)CCCC[N+]1(C)C.CCC.CC[N+]1(C)CCCCCC1.C[N+]1(C)CCCCCC1. The van der Waals surface area contributed by atoms with Crippen molar-refractivity contribution in [2.24, 2.45) is 0 Å². The Balaban J connectivity index is -0.000000403. The summed E-state index contributed by atoms with van der Waals surface area (Å²) in [5, 5.41) is 0. The smallest absolute Gasteiger partial charge is 0.0931 e. The molecule has 0 aromatic carbocycles. The Morgan fingerprint density at radius 2 is 0.833 bits per heavy atom. The van der Waals surface area contributed by atoms with Crippen LogP contribution in [0, 0.1) is 0 Å². The van der Waals surface area contributed by atoms with Gasteiger partial charge in [-0.15, -0.1) is 0 Å². The molecule has 3 aliphatic rings. The normalized spacial score (nSPS) is 23.2. The van der Waals surface area contributed by atoms with E-state index in [9.17, 15) is 0 Å². The summed E-state index contributed by atoms with van der Waals surface area (Å²) in [4.78, 5) is 0. The zero-order valence-corrected chi connectivity index (χ0v) is 28.6. The second-order valence-electron chi connectivity index (χ2n) is 13.0. The van der Waals surface area contributed by atoms with Crippen molar-refractivity contribution >= 4 is 0 Å². The Morgan fingerprint density at radius 1 is 0.500 bits per heavy atom. The van der Waals surface area contributed by atoms with Crippen LogP contribution >= 0.6 is 0 Å². The number of quaternary nitrogens is 3. The minimum absolute atomic E-state index is 0.512. The van der Waals surface area contributed by atoms with Crippen molar-refractivity contribution in [2.75, 3.05) is 74.5 Å². The number of hydrogen-bond acceptors (Lipinski definition) is 0. The van der Waals surface area contributed by atoms with Crippen LogP contribution < -0.4 is 0 Å². The maximum absolute atomic E-state index is 2.39. The lowest BCUT2D eigenvalue weighted by Gasteiger charge is -2.48. The minimum atomic E-state index is 0.512. The van der Waals surface area contributed by atoms with E-state index in [1.54, 1.807) is 0 Å². The number of nitrogens with zero attached hydrogens (tertiary/aromatic N) is 3. The highest BCUT2D eigenvalue weighted by molar-refractivity contribution is 4.72. The molecule has 0 spiro atoms. The van der Waals surface area contributed by atoms with Gasteiger partial charge in [0.25, 0.3) is 0 Å². The fourth-order valence-corrected chi connectivity index (χ4v) is 4.98. The Labute approximate surface area is 232 Å². The van der Waals surface area contributed by atoms with Crippen molar-refractivity contribution in [2.45, 2.75) is 145 Å². The first kappa shape index (κ1) is 40.4. The highest BCUT2D eigenvalue weighted by Crippen LogP contribution is 2.31. The second-order valence-corrected chi connectivity index (χ2v) is 13.0. The predicted octanol–water partition coefficient (Wildman–Crippen LogP) is 9.16. The zero-order valence-electron chi connectivity index (χ0n) is 28.6. The lowest BCUT2D eigenvalue weighted by atomic mass is 9.89. The topological polar surface area (TPSA) is 0 Å². The highest BCUT2D eigenvalue weighted by Gasteiger charge is 2.38. The number of hydrogen-bond donors (Lipinski definition) is 0. The van der Waals surface area contributed by atoms with Crippen LogP contribution in [0.5, 0.6) is 0 Å². The molecule has 0 aromatic rings. The van der Waals surface area contributed by atoms with Crippen molar-refractivity contribution < 1.29 is 13.4 Å². The highest BCUT2D eigenvalue weighted by atomic mass is 15.4. The fraction of sp³-hybridized carbons (Fsp3) is 1.00. The maximum atomic E-state index is 2.39. The van der Waals surface area contributed by atoms with Crippen LogP contribution in [-0.2, 0) is 0 Å². The molecule has 36 heavy (non-hydrogen) atoms. The molecule has 0 bridgehead atoms. The van der Waals surface area contributed by atoms with Gasteiger partial charge in [-0.3, -0.25) is 0 Å². The van der Waals surface area contributed by atoms with Crippen LogP contribution in [0.2, 0.25) is 0 Å². The average Bonchev–Trinajstić information content (AvgIpc) is 3.19. The molecule has 3 fully saturated rings. The van der Waals surface area contributed by atoms with E-state index in [0.29, 0.717) is 5.54 Å². The molecule has 0 unspecified atom stereocenters. The van der Waals surface area contributed by atoms with E-state index in [1.807, 2.05) is 27.7 Å². The van der Waals surface area contributed by atoms with Gasteiger partial charge in [0.05, 0.1) is 80.0 Å². The molecular weight excluding hydrogens is 438 g/mol. The van der Waals surface area contributed by atoms with E-state index >= 15 is 0 Å². The molecule has 3 nitrogen and oxygen atoms in total. The number of rotatable bonds is 1. The van der Waals surface area contributed by atoms with Crippen molar-refractivity contribution in [3.63, 3.8) is 0 Å². The summed E-state index contributed by atoms with van der Waals surface area (Å²) in [6.07, 6.45) is 17.1. The molecule has 222 valence electrons. The Kier molecular flexibility index (Phi) is 25.6. The summed E-state index contributed by atoms with van der Waals surface area (Å²) in [5.74, 6) is 0. The summed E-state index contributed by atoms with van der Waals surface area (Å²) in [6.45, 7) is 27.6. The van der Waals surface area contributed by atoms with Gasteiger partial charge >= 0.3 is 0 Å². The van der Waals surface area contributed by atoms with Crippen molar-refractivity contribution in [1.82, 2.24) is 0 Å². The first-order valence-electron chi connectivity index (χ1n) is 16.3. The molecule has 0 saturated carbocycles. The summed E-state index contributed by atoms with van der Waals surface area (Å²) >= 11 is 0. The Morgan fingerprint density at radius 3 is 1.11 bits per heavy atom. The third-order valence-corrected chi connectivity index (χ3v) is 8.58. The van der Waals surface area contributed by atoms with Crippen molar-refractivity contribution in [1.29, 1.82) is 0 Å². The van der Waals surface area contributed by atoms with Gasteiger partial charge in [-0.2, -0.15) is 0 Å². The predicted molar refractivity (Wildman–Crippen MR) is 169 cm³/mol. The van der Waals surface area contributed by atoms with Gasteiger partial charge in [0.2, 0.25) is 0 Å². The third-order valence-electron chi connectivity index (χ3n) is 8.58. The number of piperidine rings is 1. The maximum Gasteiger partial charge on any atom is 0.0931 e. The first-order chi connectivity index (χ1) is 16.8. The minimum Gasteiger partial charge on any atom is -0.328 e. The molecular formula is C33H78N3+3. The largest absolute Gasteiger partial charge is 0.328 e. The molecule has 0 radical (unpaired) electrons. The van der Waals surface area contributed by atoms with E-state index in [1.165, 1.54) is 130 Å². The van der Waals surface area contributed by atoms with Crippen molar-refractivity contribution in [3.8, 4) is 0 Å². The van der Waals surface area contributed by atoms with Gasteiger partial charge < -0.3 is 13.4 Å². The van der Waals surface area contributed by atoms with Crippen LogP contribution in [0.15, 0.2) is 0 Å². The van der Waals surface area contributed by atoms with Gasteiger partial charge in [0, 0.05) is 6.42 Å². The van der Waals surface area contributed by atoms with Crippen LogP contribution in [0.25, 0.3) is 0 Å². The second kappa shape index (κ2) is 22.8. The molecule has 3 heterocycles. The standard InChI is InChI=1S/2C9H20N.C8H18N.C3H8.2C2H6/c1-9(2)7-5-6-8-10(9,3)4;1-3-10(2)8-6-4-5-7-9-10;1-9(2)7-5-3-4-6-8-9;1-3-2;2*1-2/h5-8H2,1-4H3;3-9H2,1-2H3;3-8H2,1-2H3;3H2,1-2H3;2*1-2H3/q3*+1;;;. The lowest BCUT2D eigenvalue weighted by molar-refractivity contribution is -0.943. The molecule has 3 rings (SSSR count). The van der Waals surface area contributed by atoms with Gasteiger partial charge in [0.15, 0.2) is 0 Å². The molecule has 0 N–H and O–H groups in total. The number of likely N-dealkylation sites (tertiary alicyclic amines) is 3. The molecule has 0 aromatic heterocycles. The van der Waals surface area contributed by atoms with Crippen molar-refractivity contribution in [3.05, 3.63) is 0 Å². The van der Waals surface area contributed by atoms with Crippen LogP contribution in [-0.4, -0.2) is 93.5 Å². The molecule has 3 aliphatic heterocycles. The van der Waals surface area contributed by atoms with Crippen LogP contribution in [0.4, 0.5) is 0 Å². The quantitative estimate of drug-likeness (QED) is 0.305. The van der Waals surface area contributed by atoms with E-state index < -0.39 is 0 Å². The van der Waals surface area contributed by atoms with Crippen LogP contribution in [0.1, 0.15) is 139 Å². The first-order valence-corrected chi connectivity index (χ1v) is 16.3. The van der Waals surface area contributed by atoms with E-state index in [4.69, 9.17) is 0 Å². The summed E-state index contributed by atoms with van der Waals surface area (Å²) in [5.41, 5.74) is 0.512. The fourth-order valence-electron chi connectivity index (χ4n) is 4.98. The molecule has 0 aliphatic carbocycles. The van der Waals surface area contributed by atoms with E-state index in [-0.39, 0.29) is 0 Å². The van der Waals surface area contributed by atoms with E-state index in [0.717, 1.165) is 0 Å². The summed E-state index contributed by atoms with van der Waals surface area (Å²) in [7, 11) is 11.8. The van der Waals surface area contributed by atoms with Gasteiger partial charge in [-0.05, 0) is 85.0 Å².